The number of halogens is 1. The molecule has 0 saturated heterocycles. The number of thiol groups is 1. The Labute approximate surface area is 59.0 Å². The van der Waals surface area contributed by atoms with Gasteiger partial charge in [-0.1, -0.05) is 10.7 Å². The Hall–Kier alpha value is -0.480. The Kier molecular flexibility index (Phi) is 1.78. The molecule has 1 atom stereocenters. The van der Waals surface area contributed by atoms with Crippen molar-refractivity contribution in [2.24, 2.45) is 0 Å². The predicted molar refractivity (Wildman–Crippen MR) is 39.1 cm³/mol. The van der Waals surface area contributed by atoms with Crippen molar-refractivity contribution in [3.05, 3.63) is 32.7 Å². The second kappa shape index (κ2) is 2.41. The Balaban J connectivity index is 2.75. The van der Waals surface area contributed by atoms with E-state index in [4.69, 9.17) is 10.7 Å². The van der Waals surface area contributed by atoms with Crippen molar-refractivity contribution in [2.75, 3.05) is 0 Å². The fourth-order valence-electron chi connectivity index (χ4n) is 0.468. The third-order valence-corrected chi connectivity index (χ3v) is 2.43. The van der Waals surface area contributed by atoms with Crippen LogP contribution in [0.4, 0.5) is 0 Å². The lowest BCUT2D eigenvalue weighted by Gasteiger charge is -1.88. The molecule has 0 saturated carbocycles. The summed E-state index contributed by atoms with van der Waals surface area (Å²) in [4.78, 5) is 9.54. The average molecular weight is 166 g/mol. The van der Waals surface area contributed by atoms with E-state index in [1.807, 2.05) is 0 Å². The lowest BCUT2D eigenvalue weighted by atomic mass is 10.5. The molecule has 1 rings (SSSR count). The van der Waals surface area contributed by atoms with Crippen LogP contribution in [0.1, 0.15) is 0 Å². The Bertz CT molecular complexity index is 201. The Morgan fingerprint density at radius 2 is 2.44 bits per heavy atom. The van der Waals surface area contributed by atoms with Crippen LogP contribution in [0.2, 0.25) is 0 Å². The minimum absolute atomic E-state index is 0.108. The molecular formula is C4H4ClNO2S. The van der Waals surface area contributed by atoms with E-state index in [-0.39, 0.29) is 5.70 Å². The van der Waals surface area contributed by atoms with Gasteiger partial charge in [-0.3, -0.25) is 10.1 Å². The molecule has 0 aromatic heterocycles. The number of nitro groups is 1. The number of hydrogen-bond acceptors (Lipinski definition) is 2. The molecule has 5 heteroatoms. The maximum atomic E-state index is 9.98. The van der Waals surface area contributed by atoms with Gasteiger partial charge in [-0.25, -0.2) is 0 Å². The fourth-order valence-corrected chi connectivity index (χ4v) is 1.75. The molecule has 0 N–H and O–H groups in total. The normalized spacial score (nSPS) is 28.1. The van der Waals surface area contributed by atoms with Crippen LogP contribution in [0.5, 0.6) is 0 Å². The minimum Gasteiger partial charge on any atom is -0.258 e. The summed E-state index contributed by atoms with van der Waals surface area (Å²) < 4.78 is 0. The molecule has 1 heterocycles. The summed E-state index contributed by atoms with van der Waals surface area (Å²) in [6.07, 6.45) is 1.43. The largest absolute Gasteiger partial charge is 0.275 e. The van der Waals surface area contributed by atoms with Crippen molar-refractivity contribution >= 4 is 20.8 Å². The molecule has 0 aliphatic carbocycles. The van der Waals surface area contributed by atoms with Gasteiger partial charge in [0.2, 0.25) is 0 Å². The van der Waals surface area contributed by atoms with Gasteiger partial charge in [-0.2, -0.15) is 0 Å². The van der Waals surface area contributed by atoms with Crippen LogP contribution >= 0.6 is 20.8 Å². The predicted octanol–water partition coefficient (Wildman–Crippen LogP) is 1.79. The summed E-state index contributed by atoms with van der Waals surface area (Å²) in [5, 5.41) is 13.1. The molecule has 0 fully saturated rings. The summed E-state index contributed by atoms with van der Waals surface area (Å²) in [5.41, 5.74) is 0.108. The number of allylic oxidation sites excluding steroid dienone is 1. The van der Waals surface area contributed by atoms with E-state index in [1.54, 1.807) is 5.41 Å². The molecular weight excluding hydrogens is 162 g/mol. The lowest BCUT2D eigenvalue weighted by molar-refractivity contribution is -0.418. The molecule has 0 amide bonds. The first-order valence-electron chi connectivity index (χ1n) is 2.18. The van der Waals surface area contributed by atoms with Gasteiger partial charge in [0.1, 0.15) is 0 Å². The van der Waals surface area contributed by atoms with Crippen molar-refractivity contribution in [3.8, 4) is 0 Å². The van der Waals surface area contributed by atoms with Gasteiger partial charge >= 0.3 is 0 Å². The van der Waals surface area contributed by atoms with Gasteiger partial charge in [-0.15, -0.1) is 10.1 Å². The SMILES string of the molecule is O=[N+]([O-])C1=C[SH](Cl)C=C1. The minimum atomic E-state index is -0.849. The highest BCUT2D eigenvalue weighted by Crippen LogP contribution is 2.40. The van der Waals surface area contributed by atoms with E-state index in [1.165, 1.54) is 11.5 Å². The van der Waals surface area contributed by atoms with Crippen LogP contribution < -0.4 is 0 Å². The van der Waals surface area contributed by atoms with E-state index in [2.05, 4.69) is 0 Å². The first-order valence-corrected chi connectivity index (χ1v) is 4.57. The van der Waals surface area contributed by atoms with Crippen molar-refractivity contribution in [1.29, 1.82) is 0 Å². The lowest BCUT2D eigenvalue weighted by Crippen LogP contribution is -1.91. The smallest absolute Gasteiger partial charge is 0.258 e. The third-order valence-electron chi connectivity index (χ3n) is 0.854. The van der Waals surface area contributed by atoms with Gasteiger partial charge in [0.05, 0.1) is 4.92 Å². The van der Waals surface area contributed by atoms with E-state index in [9.17, 15) is 10.1 Å². The van der Waals surface area contributed by atoms with Crippen LogP contribution in [0.25, 0.3) is 0 Å². The standard InChI is InChI=1S/C4H4ClNO2S/c5-9-2-1-4(3-9)6(7)8/h1-3,9H. The highest BCUT2D eigenvalue weighted by atomic mass is 35.7. The first-order chi connectivity index (χ1) is 4.20. The second-order valence-electron chi connectivity index (χ2n) is 1.47. The van der Waals surface area contributed by atoms with Gasteiger partial charge in [-0.05, 0) is 5.41 Å². The highest BCUT2D eigenvalue weighted by Gasteiger charge is 2.12. The van der Waals surface area contributed by atoms with Crippen LogP contribution in [0, 0.1) is 10.1 Å². The third kappa shape index (κ3) is 1.46. The summed E-state index contributed by atoms with van der Waals surface area (Å²) in [5.74, 6) is 0. The van der Waals surface area contributed by atoms with E-state index in [0.717, 1.165) is 0 Å². The summed E-state index contributed by atoms with van der Waals surface area (Å²) in [6, 6.07) is 0. The fraction of sp³-hybridized carbons (Fsp3) is 0. The van der Waals surface area contributed by atoms with Crippen molar-refractivity contribution in [2.45, 2.75) is 0 Å². The van der Waals surface area contributed by atoms with E-state index < -0.39 is 15.0 Å². The highest BCUT2D eigenvalue weighted by molar-refractivity contribution is 8.40. The quantitative estimate of drug-likeness (QED) is 0.366. The number of hydrogen-bond donors (Lipinski definition) is 1. The zero-order valence-electron chi connectivity index (χ0n) is 4.32. The van der Waals surface area contributed by atoms with Crippen LogP contribution in [0.15, 0.2) is 22.6 Å². The summed E-state index contributed by atoms with van der Waals surface area (Å²) >= 11 is 0. The van der Waals surface area contributed by atoms with Crippen LogP contribution in [-0.2, 0) is 0 Å². The van der Waals surface area contributed by atoms with Crippen molar-refractivity contribution < 1.29 is 4.92 Å². The maximum absolute atomic E-state index is 9.98. The molecule has 1 unspecified atom stereocenters. The number of rotatable bonds is 1. The summed E-state index contributed by atoms with van der Waals surface area (Å²) in [7, 11) is 4.70. The maximum Gasteiger partial charge on any atom is 0.275 e. The zero-order valence-corrected chi connectivity index (χ0v) is 5.97. The monoisotopic (exact) mass is 165 g/mol. The molecule has 9 heavy (non-hydrogen) atoms. The number of nitrogens with zero attached hydrogens (tertiary/aromatic N) is 1. The summed E-state index contributed by atoms with van der Waals surface area (Å²) in [6.45, 7) is 0. The van der Waals surface area contributed by atoms with Gasteiger partial charge in [0, 0.05) is 11.5 Å². The van der Waals surface area contributed by atoms with Crippen molar-refractivity contribution in [3.63, 3.8) is 0 Å². The van der Waals surface area contributed by atoms with Gasteiger partial charge < -0.3 is 0 Å². The molecule has 0 spiro atoms. The topological polar surface area (TPSA) is 43.1 Å². The molecule has 1 aliphatic heterocycles. The van der Waals surface area contributed by atoms with Gasteiger partial charge in [0.15, 0.2) is 0 Å². The van der Waals surface area contributed by atoms with Crippen LogP contribution in [-0.4, -0.2) is 4.92 Å². The molecule has 0 aromatic rings. The Morgan fingerprint density at radius 3 is 2.67 bits per heavy atom. The Morgan fingerprint density at radius 1 is 1.78 bits per heavy atom. The van der Waals surface area contributed by atoms with Gasteiger partial charge in [0.25, 0.3) is 5.70 Å². The molecule has 50 valence electrons. The first kappa shape index (κ1) is 6.64. The molecule has 1 aliphatic rings. The van der Waals surface area contributed by atoms with E-state index >= 15 is 0 Å². The van der Waals surface area contributed by atoms with Crippen LogP contribution in [0.3, 0.4) is 0 Å². The molecule has 0 aromatic carbocycles. The molecule has 0 radical (unpaired) electrons. The average Bonchev–Trinajstić information content (AvgIpc) is 2.14. The zero-order chi connectivity index (χ0) is 6.85. The molecule has 0 bridgehead atoms. The molecule has 3 nitrogen and oxygen atoms in total. The van der Waals surface area contributed by atoms with E-state index in [0.29, 0.717) is 0 Å². The second-order valence-corrected chi connectivity index (χ2v) is 3.89. The van der Waals surface area contributed by atoms with Crippen molar-refractivity contribution in [1.82, 2.24) is 0 Å².